The second kappa shape index (κ2) is 6.58. The Kier molecular flexibility index (Phi) is 4.80. The maximum absolute atomic E-state index is 14.0. The monoisotopic (exact) mass is 354 g/mol. The van der Waals surface area contributed by atoms with Crippen LogP contribution in [0.3, 0.4) is 0 Å². The first-order valence-electron chi connectivity index (χ1n) is 6.00. The van der Waals surface area contributed by atoms with Gasteiger partial charge in [-0.1, -0.05) is 12.1 Å². The topological polar surface area (TPSA) is 55.8 Å². The number of methoxy groups -OCH3 is 1. The molecule has 2 aromatic carbocycles. The Morgan fingerprint density at radius 1 is 1.24 bits per heavy atom. The molecule has 0 aromatic heterocycles. The van der Waals surface area contributed by atoms with Crippen LogP contribution in [0.4, 0.5) is 4.39 Å². The lowest BCUT2D eigenvalue weighted by molar-refractivity contribution is 0.0695. The van der Waals surface area contributed by atoms with Crippen molar-refractivity contribution in [1.82, 2.24) is 0 Å². The van der Waals surface area contributed by atoms with E-state index < -0.39 is 11.8 Å². The predicted molar refractivity (Wildman–Crippen MR) is 78.4 cm³/mol. The molecule has 0 heterocycles. The van der Waals surface area contributed by atoms with Crippen LogP contribution in [0.25, 0.3) is 0 Å². The summed E-state index contributed by atoms with van der Waals surface area (Å²) < 4.78 is 24.3. The van der Waals surface area contributed by atoms with Gasteiger partial charge in [0.05, 0.1) is 17.1 Å². The number of benzene rings is 2. The maximum Gasteiger partial charge on any atom is 0.336 e. The molecule has 0 bridgehead atoms. The third-order valence-electron chi connectivity index (χ3n) is 2.83. The lowest BCUT2D eigenvalue weighted by Gasteiger charge is -2.10. The fourth-order valence-corrected chi connectivity index (χ4v) is 2.19. The van der Waals surface area contributed by atoms with Crippen molar-refractivity contribution in [2.75, 3.05) is 7.11 Å². The van der Waals surface area contributed by atoms with Crippen LogP contribution in [0, 0.1) is 5.82 Å². The molecule has 0 radical (unpaired) electrons. The first-order valence-corrected chi connectivity index (χ1v) is 6.79. The normalized spacial score (nSPS) is 10.2. The van der Waals surface area contributed by atoms with Gasteiger partial charge in [-0.2, -0.15) is 0 Å². The Morgan fingerprint density at radius 3 is 2.48 bits per heavy atom. The SMILES string of the molecule is COc1ccc(COc2ccc(C(=O)O)c(Br)c2F)cc1. The van der Waals surface area contributed by atoms with Crippen molar-refractivity contribution in [1.29, 1.82) is 0 Å². The second-order valence-corrected chi connectivity index (χ2v) is 4.97. The average Bonchev–Trinajstić information content (AvgIpc) is 2.49. The third-order valence-corrected chi connectivity index (χ3v) is 3.61. The predicted octanol–water partition coefficient (Wildman–Crippen LogP) is 3.87. The summed E-state index contributed by atoms with van der Waals surface area (Å²) >= 11 is 2.92. The first kappa shape index (κ1) is 15.3. The summed E-state index contributed by atoms with van der Waals surface area (Å²) in [4.78, 5) is 10.9. The minimum absolute atomic E-state index is 0.0114. The largest absolute Gasteiger partial charge is 0.497 e. The van der Waals surface area contributed by atoms with Crippen LogP contribution >= 0.6 is 15.9 Å². The van der Waals surface area contributed by atoms with E-state index in [0.717, 1.165) is 11.3 Å². The molecule has 0 saturated heterocycles. The molecule has 21 heavy (non-hydrogen) atoms. The molecule has 0 atom stereocenters. The molecule has 6 heteroatoms. The molecule has 2 rings (SSSR count). The molecule has 0 spiro atoms. The van der Waals surface area contributed by atoms with E-state index in [1.165, 1.54) is 12.1 Å². The van der Waals surface area contributed by atoms with Crippen molar-refractivity contribution < 1.29 is 23.8 Å². The van der Waals surface area contributed by atoms with Gasteiger partial charge in [-0.05, 0) is 45.8 Å². The highest BCUT2D eigenvalue weighted by atomic mass is 79.9. The van der Waals surface area contributed by atoms with Crippen molar-refractivity contribution in [3.8, 4) is 11.5 Å². The molecule has 4 nitrogen and oxygen atoms in total. The number of hydrogen-bond donors (Lipinski definition) is 1. The van der Waals surface area contributed by atoms with Gasteiger partial charge in [-0.25, -0.2) is 9.18 Å². The Balaban J connectivity index is 2.12. The minimum atomic E-state index is -1.21. The first-order chi connectivity index (χ1) is 10.0. The van der Waals surface area contributed by atoms with E-state index in [0.29, 0.717) is 0 Å². The highest BCUT2D eigenvalue weighted by Gasteiger charge is 2.16. The number of carboxylic acid groups (broad SMARTS) is 1. The smallest absolute Gasteiger partial charge is 0.336 e. The van der Waals surface area contributed by atoms with Crippen LogP contribution in [0.15, 0.2) is 40.9 Å². The zero-order chi connectivity index (χ0) is 15.4. The summed E-state index contributed by atoms with van der Waals surface area (Å²) in [6, 6.07) is 9.75. The number of carboxylic acids is 1. The molecule has 0 fully saturated rings. The van der Waals surface area contributed by atoms with Crippen molar-refractivity contribution in [2.24, 2.45) is 0 Å². The summed E-state index contributed by atoms with van der Waals surface area (Å²) in [5.41, 5.74) is 0.693. The number of carbonyl (C=O) groups is 1. The van der Waals surface area contributed by atoms with E-state index in [1.807, 2.05) is 0 Å². The Bertz CT molecular complexity index is 655. The molecule has 0 aliphatic carbocycles. The van der Waals surface area contributed by atoms with Gasteiger partial charge in [-0.3, -0.25) is 0 Å². The summed E-state index contributed by atoms with van der Waals surface area (Å²) in [6.07, 6.45) is 0. The average molecular weight is 355 g/mol. The van der Waals surface area contributed by atoms with Crippen LogP contribution in [-0.2, 0) is 6.61 Å². The van der Waals surface area contributed by atoms with Gasteiger partial charge >= 0.3 is 5.97 Å². The second-order valence-electron chi connectivity index (χ2n) is 4.18. The quantitative estimate of drug-likeness (QED) is 0.885. The van der Waals surface area contributed by atoms with Crippen LogP contribution in [0.5, 0.6) is 11.5 Å². The molecular formula is C15H12BrFO4. The highest BCUT2D eigenvalue weighted by molar-refractivity contribution is 9.10. The number of halogens is 2. The Labute approximate surface area is 129 Å². The molecule has 0 amide bonds. The standard InChI is InChI=1S/C15H12BrFO4/c1-20-10-4-2-9(3-5-10)8-21-12-7-6-11(15(18)19)13(16)14(12)17/h2-7H,8H2,1H3,(H,18,19). The van der Waals surface area contributed by atoms with Gasteiger partial charge in [-0.15, -0.1) is 0 Å². The molecule has 110 valence electrons. The Hall–Kier alpha value is -2.08. The minimum Gasteiger partial charge on any atom is -0.497 e. The number of aromatic carboxylic acids is 1. The van der Waals surface area contributed by atoms with Gasteiger partial charge < -0.3 is 14.6 Å². The highest BCUT2D eigenvalue weighted by Crippen LogP contribution is 2.29. The van der Waals surface area contributed by atoms with E-state index in [9.17, 15) is 9.18 Å². The van der Waals surface area contributed by atoms with Crippen LogP contribution in [0.1, 0.15) is 15.9 Å². The summed E-state index contributed by atoms with van der Waals surface area (Å²) in [5, 5.41) is 8.89. The number of hydrogen-bond acceptors (Lipinski definition) is 3. The summed E-state index contributed by atoms with van der Waals surface area (Å²) in [5.74, 6) is -1.23. The Morgan fingerprint density at radius 2 is 1.90 bits per heavy atom. The van der Waals surface area contributed by atoms with E-state index in [4.69, 9.17) is 14.6 Å². The van der Waals surface area contributed by atoms with E-state index in [-0.39, 0.29) is 22.4 Å². The van der Waals surface area contributed by atoms with Gasteiger partial charge in [0, 0.05) is 0 Å². The number of ether oxygens (including phenoxy) is 2. The summed E-state index contributed by atoms with van der Waals surface area (Å²) in [7, 11) is 1.57. The van der Waals surface area contributed by atoms with Crippen LogP contribution in [0.2, 0.25) is 0 Å². The molecule has 0 aliphatic rings. The fraction of sp³-hybridized carbons (Fsp3) is 0.133. The van der Waals surface area contributed by atoms with Gasteiger partial charge in [0.2, 0.25) is 0 Å². The van der Waals surface area contributed by atoms with E-state index in [2.05, 4.69) is 15.9 Å². The molecule has 2 aromatic rings. The lowest BCUT2D eigenvalue weighted by atomic mass is 10.2. The van der Waals surface area contributed by atoms with E-state index in [1.54, 1.807) is 31.4 Å². The molecular weight excluding hydrogens is 343 g/mol. The van der Waals surface area contributed by atoms with Crippen molar-refractivity contribution in [2.45, 2.75) is 6.61 Å². The third kappa shape index (κ3) is 3.52. The zero-order valence-corrected chi connectivity index (χ0v) is 12.7. The maximum atomic E-state index is 14.0. The summed E-state index contributed by atoms with van der Waals surface area (Å²) in [6.45, 7) is 0.166. The van der Waals surface area contributed by atoms with Crippen LogP contribution < -0.4 is 9.47 Å². The van der Waals surface area contributed by atoms with Crippen molar-refractivity contribution in [3.05, 3.63) is 57.8 Å². The van der Waals surface area contributed by atoms with Gasteiger partial charge in [0.25, 0.3) is 0 Å². The van der Waals surface area contributed by atoms with E-state index >= 15 is 0 Å². The van der Waals surface area contributed by atoms with Gasteiger partial charge in [0.1, 0.15) is 12.4 Å². The molecule has 0 saturated carbocycles. The van der Waals surface area contributed by atoms with Gasteiger partial charge in [0.15, 0.2) is 11.6 Å². The lowest BCUT2D eigenvalue weighted by Crippen LogP contribution is -2.03. The molecule has 0 aliphatic heterocycles. The zero-order valence-electron chi connectivity index (χ0n) is 11.1. The fourth-order valence-electron chi connectivity index (χ4n) is 1.69. The molecule has 0 unspecified atom stereocenters. The van der Waals surface area contributed by atoms with Crippen molar-refractivity contribution >= 4 is 21.9 Å². The number of rotatable bonds is 5. The molecule has 1 N–H and O–H groups in total. The van der Waals surface area contributed by atoms with Crippen LogP contribution in [-0.4, -0.2) is 18.2 Å². The van der Waals surface area contributed by atoms with Crippen molar-refractivity contribution in [3.63, 3.8) is 0 Å².